The molecule has 0 aliphatic rings. The van der Waals surface area contributed by atoms with Crippen molar-refractivity contribution in [2.24, 2.45) is 5.41 Å². The van der Waals surface area contributed by atoms with Crippen molar-refractivity contribution in [3.05, 3.63) is 66.7 Å². The summed E-state index contributed by atoms with van der Waals surface area (Å²) in [4.78, 5) is 9.05. The van der Waals surface area contributed by atoms with Crippen LogP contribution >= 0.6 is 0 Å². The summed E-state index contributed by atoms with van der Waals surface area (Å²) in [5.41, 5.74) is 5.06. The molecule has 138 valence electrons. The number of hydrogen-bond donors (Lipinski definition) is 0. The average molecular weight is 367 g/mol. The first-order valence-corrected chi connectivity index (χ1v) is 9.22. The molecule has 0 aliphatic carbocycles. The van der Waals surface area contributed by atoms with E-state index in [2.05, 4.69) is 41.9 Å². The normalized spacial score (nSPS) is 11.5. The van der Waals surface area contributed by atoms with Crippen LogP contribution in [0.4, 0.5) is 0 Å². The van der Waals surface area contributed by atoms with Gasteiger partial charge in [-0.05, 0) is 29.7 Å². The summed E-state index contributed by atoms with van der Waals surface area (Å²) >= 11 is 0. The maximum Gasteiger partial charge on any atom is 0.141 e. The minimum absolute atomic E-state index is 0.138. The van der Waals surface area contributed by atoms with Gasteiger partial charge in [-0.1, -0.05) is 39.0 Å². The van der Waals surface area contributed by atoms with Crippen molar-refractivity contribution < 1.29 is 0 Å². The molecule has 5 heteroatoms. The molecule has 0 saturated carbocycles. The van der Waals surface area contributed by atoms with Crippen LogP contribution in [0, 0.1) is 16.7 Å². The molecule has 4 rings (SSSR count). The van der Waals surface area contributed by atoms with Crippen molar-refractivity contribution in [2.45, 2.75) is 27.3 Å². The average Bonchev–Trinajstić information content (AvgIpc) is 3.13. The number of fused-ring (bicyclic) bond motifs is 1. The summed E-state index contributed by atoms with van der Waals surface area (Å²) in [6.45, 7) is 7.38. The fourth-order valence-corrected chi connectivity index (χ4v) is 3.26. The highest BCUT2D eigenvalue weighted by atomic mass is 15.3. The third-order valence-electron chi connectivity index (χ3n) is 4.47. The van der Waals surface area contributed by atoms with Gasteiger partial charge in [-0.15, -0.1) is 0 Å². The zero-order valence-corrected chi connectivity index (χ0v) is 16.2. The van der Waals surface area contributed by atoms with Gasteiger partial charge in [0.1, 0.15) is 11.8 Å². The third kappa shape index (κ3) is 3.63. The highest BCUT2D eigenvalue weighted by Gasteiger charge is 2.16. The molecule has 4 aromatic rings. The molecular weight excluding hydrogens is 346 g/mol. The van der Waals surface area contributed by atoms with Gasteiger partial charge in [-0.3, -0.25) is 9.67 Å². The molecule has 0 spiro atoms. The van der Waals surface area contributed by atoms with E-state index >= 15 is 0 Å². The van der Waals surface area contributed by atoms with Crippen LogP contribution < -0.4 is 0 Å². The fourth-order valence-electron chi connectivity index (χ4n) is 3.26. The SMILES string of the molecule is CC(C)(C)Cn1cc(-c2ccc(C#N)nc2-c2ccc3cccnc3c2)cn1. The van der Waals surface area contributed by atoms with Gasteiger partial charge in [0.2, 0.25) is 0 Å². The largest absolute Gasteiger partial charge is 0.272 e. The van der Waals surface area contributed by atoms with Crippen molar-refractivity contribution in [1.82, 2.24) is 19.7 Å². The summed E-state index contributed by atoms with van der Waals surface area (Å²) in [5.74, 6) is 0. The van der Waals surface area contributed by atoms with Crippen LogP contribution in [0.15, 0.2) is 61.1 Å². The molecule has 1 aromatic carbocycles. The van der Waals surface area contributed by atoms with Gasteiger partial charge in [-0.2, -0.15) is 10.4 Å². The summed E-state index contributed by atoms with van der Waals surface area (Å²) in [5, 5.41) is 14.9. The van der Waals surface area contributed by atoms with E-state index in [-0.39, 0.29) is 5.41 Å². The van der Waals surface area contributed by atoms with Crippen LogP contribution in [0.25, 0.3) is 33.3 Å². The third-order valence-corrected chi connectivity index (χ3v) is 4.47. The highest BCUT2D eigenvalue weighted by molar-refractivity contribution is 5.87. The van der Waals surface area contributed by atoms with Crippen LogP contribution in [0.3, 0.4) is 0 Å². The maximum absolute atomic E-state index is 9.33. The maximum atomic E-state index is 9.33. The van der Waals surface area contributed by atoms with Gasteiger partial charge < -0.3 is 0 Å². The number of benzene rings is 1. The summed E-state index contributed by atoms with van der Waals surface area (Å²) in [6, 6.07) is 15.9. The van der Waals surface area contributed by atoms with Crippen molar-refractivity contribution in [2.75, 3.05) is 0 Å². The lowest BCUT2D eigenvalue weighted by molar-refractivity contribution is 0.325. The Bertz CT molecular complexity index is 1190. The van der Waals surface area contributed by atoms with Crippen LogP contribution in [0.2, 0.25) is 0 Å². The molecule has 5 nitrogen and oxygen atoms in total. The van der Waals surface area contributed by atoms with Gasteiger partial charge >= 0.3 is 0 Å². The van der Waals surface area contributed by atoms with Crippen molar-refractivity contribution in [1.29, 1.82) is 5.26 Å². The molecule has 0 atom stereocenters. The predicted molar refractivity (Wildman–Crippen MR) is 110 cm³/mol. The number of nitriles is 1. The lowest BCUT2D eigenvalue weighted by Crippen LogP contribution is -2.15. The number of nitrogens with zero attached hydrogens (tertiary/aromatic N) is 5. The Labute approximate surface area is 164 Å². The van der Waals surface area contributed by atoms with E-state index in [0.717, 1.165) is 39.8 Å². The molecule has 0 fully saturated rings. The highest BCUT2D eigenvalue weighted by Crippen LogP contribution is 2.32. The van der Waals surface area contributed by atoms with Gasteiger partial charge in [0.05, 0.1) is 17.4 Å². The standard InChI is InChI=1S/C23H21N5/c1-23(2,3)15-28-14-18(13-26-28)20-9-8-19(12-24)27-22(20)17-7-6-16-5-4-10-25-21(16)11-17/h4-11,13-14H,15H2,1-3H3. The van der Waals surface area contributed by atoms with Crippen LogP contribution in [-0.4, -0.2) is 19.7 Å². The van der Waals surface area contributed by atoms with Crippen LogP contribution in [-0.2, 0) is 6.54 Å². The Morgan fingerprint density at radius 1 is 1.07 bits per heavy atom. The zero-order valence-electron chi connectivity index (χ0n) is 16.2. The van der Waals surface area contributed by atoms with Gasteiger partial charge in [0.15, 0.2) is 0 Å². The van der Waals surface area contributed by atoms with E-state index in [1.807, 2.05) is 53.5 Å². The minimum Gasteiger partial charge on any atom is -0.272 e. The molecule has 0 radical (unpaired) electrons. The van der Waals surface area contributed by atoms with Crippen molar-refractivity contribution in [3.63, 3.8) is 0 Å². The molecule has 0 N–H and O–H groups in total. The number of rotatable bonds is 3. The van der Waals surface area contributed by atoms with E-state index in [9.17, 15) is 5.26 Å². The zero-order chi connectivity index (χ0) is 19.7. The first kappa shape index (κ1) is 17.9. The molecule has 0 unspecified atom stereocenters. The van der Waals surface area contributed by atoms with E-state index in [1.165, 1.54) is 0 Å². The summed E-state index contributed by atoms with van der Waals surface area (Å²) < 4.78 is 1.96. The van der Waals surface area contributed by atoms with Crippen LogP contribution in [0.1, 0.15) is 26.5 Å². The fraction of sp³-hybridized carbons (Fsp3) is 0.217. The lowest BCUT2D eigenvalue weighted by Gasteiger charge is -2.17. The summed E-state index contributed by atoms with van der Waals surface area (Å²) in [7, 11) is 0. The number of pyridine rings is 2. The van der Waals surface area contributed by atoms with Crippen molar-refractivity contribution >= 4 is 10.9 Å². The minimum atomic E-state index is 0.138. The molecular formula is C23H21N5. The van der Waals surface area contributed by atoms with Gasteiger partial charge in [-0.25, -0.2) is 4.98 Å². The van der Waals surface area contributed by atoms with E-state index < -0.39 is 0 Å². The molecule has 0 aliphatic heterocycles. The topological polar surface area (TPSA) is 67.4 Å². The summed E-state index contributed by atoms with van der Waals surface area (Å²) in [6.07, 6.45) is 5.68. The van der Waals surface area contributed by atoms with E-state index in [4.69, 9.17) is 0 Å². The van der Waals surface area contributed by atoms with E-state index in [1.54, 1.807) is 12.3 Å². The smallest absolute Gasteiger partial charge is 0.141 e. The Kier molecular flexibility index (Phi) is 4.40. The predicted octanol–water partition coefficient (Wildman–Crippen LogP) is 5.08. The molecule has 0 saturated heterocycles. The van der Waals surface area contributed by atoms with Gasteiger partial charge in [0.25, 0.3) is 0 Å². The van der Waals surface area contributed by atoms with Crippen molar-refractivity contribution in [3.8, 4) is 28.5 Å². The van der Waals surface area contributed by atoms with Crippen LogP contribution in [0.5, 0.6) is 0 Å². The second kappa shape index (κ2) is 6.90. The molecule has 28 heavy (non-hydrogen) atoms. The van der Waals surface area contributed by atoms with E-state index in [0.29, 0.717) is 5.69 Å². The van der Waals surface area contributed by atoms with Gasteiger partial charge in [0, 0.05) is 41.0 Å². The lowest BCUT2D eigenvalue weighted by atomic mass is 9.97. The molecule has 0 bridgehead atoms. The second-order valence-electron chi connectivity index (χ2n) is 8.10. The second-order valence-corrected chi connectivity index (χ2v) is 8.10. The Morgan fingerprint density at radius 3 is 2.71 bits per heavy atom. The number of hydrogen-bond acceptors (Lipinski definition) is 4. The Morgan fingerprint density at radius 2 is 1.93 bits per heavy atom. The monoisotopic (exact) mass is 367 g/mol. The molecule has 0 amide bonds. The Hall–Kier alpha value is -3.52. The number of aromatic nitrogens is 4. The Balaban J connectivity index is 1.83. The molecule has 3 heterocycles. The first-order valence-electron chi connectivity index (χ1n) is 9.22. The quantitative estimate of drug-likeness (QED) is 0.506. The first-order chi connectivity index (χ1) is 13.4. The molecule has 3 aromatic heterocycles.